The van der Waals surface area contributed by atoms with E-state index in [1.807, 2.05) is 0 Å². The molecule has 1 amide bonds. The molecule has 0 unspecified atom stereocenters. The third kappa shape index (κ3) is 4.45. The van der Waals surface area contributed by atoms with Crippen molar-refractivity contribution < 1.29 is 9.53 Å². The predicted octanol–water partition coefficient (Wildman–Crippen LogP) is 2.72. The number of rotatable bonds is 6. The van der Waals surface area contributed by atoms with E-state index in [0.717, 1.165) is 5.75 Å². The quantitative estimate of drug-likeness (QED) is 0.703. The topological polar surface area (TPSA) is 94.0 Å². The number of anilines is 3. The maximum absolute atomic E-state index is 12.1. The number of benzene rings is 1. The van der Waals surface area contributed by atoms with E-state index in [-0.39, 0.29) is 12.5 Å². The molecule has 0 aliphatic heterocycles. The lowest BCUT2D eigenvalue weighted by atomic mass is 10.3. The molecule has 8 nitrogen and oxygen atoms in total. The number of methoxy groups -OCH3 is 1. The normalized spacial score (nSPS) is 10.3. The highest BCUT2D eigenvalue weighted by atomic mass is 35.5. The molecule has 9 heteroatoms. The number of carbonyl (C=O) groups excluding carboxylic acids is 1. The minimum absolute atomic E-state index is 0.0746. The highest BCUT2D eigenvalue weighted by Gasteiger charge is 2.07. The van der Waals surface area contributed by atoms with Crippen LogP contribution in [0.4, 0.5) is 17.2 Å². The van der Waals surface area contributed by atoms with Crippen molar-refractivity contribution in [3.8, 4) is 5.75 Å². The van der Waals surface area contributed by atoms with E-state index in [1.54, 1.807) is 43.8 Å². The first-order chi connectivity index (χ1) is 12.1. The fraction of sp³-hybridized carbons (Fsp3) is 0.125. The van der Waals surface area contributed by atoms with Crippen LogP contribution < -0.4 is 15.4 Å². The van der Waals surface area contributed by atoms with Crippen LogP contribution in [0.1, 0.15) is 0 Å². The Kier molecular flexibility index (Phi) is 5.10. The number of halogens is 1. The van der Waals surface area contributed by atoms with Crippen molar-refractivity contribution in [1.82, 2.24) is 19.7 Å². The summed E-state index contributed by atoms with van der Waals surface area (Å²) in [6.45, 7) is 0.0746. The molecular formula is C16H15ClN6O2. The summed E-state index contributed by atoms with van der Waals surface area (Å²) < 4.78 is 6.59. The van der Waals surface area contributed by atoms with Crippen LogP contribution >= 0.6 is 11.6 Å². The summed E-state index contributed by atoms with van der Waals surface area (Å²) in [5, 5.41) is 10.3. The molecule has 3 aromatic rings. The zero-order valence-electron chi connectivity index (χ0n) is 13.3. The third-order valence-electron chi connectivity index (χ3n) is 3.24. The number of nitrogens with one attached hydrogen (secondary N) is 2. The van der Waals surface area contributed by atoms with Crippen LogP contribution in [0.15, 0.2) is 49.2 Å². The van der Waals surface area contributed by atoms with Gasteiger partial charge in [0.05, 0.1) is 25.2 Å². The molecule has 2 N–H and O–H groups in total. The molecule has 0 saturated heterocycles. The fourth-order valence-electron chi connectivity index (χ4n) is 2.08. The summed E-state index contributed by atoms with van der Waals surface area (Å²) in [4.78, 5) is 19.9. The number of aromatic nitrogens is 4. The number of hydrogen-bond donors (Lipinski definition) is 2. The van der Waals surface area contributed by atoms with Crippen LogP contribution in [-0.4, -0.2) is 32.8 Å². The molecule has 0 fully saturated rings. The Bertz CT molecular complexity index is 865. The summed E-state index contributed by atoms with van der Waals surface area (Å²) in [5.41, 5.74) is 1.35. The number of amides is 1. The Hall–Kier alpha value is -3.13. The van der Waals surface area contributed by atoms with Gasteiger partial charge in [-0.25, -0.2) is 9.97 Å². The van der Waals surface area contributed by atoms with E-state index in [2.05, 4.69) is 25.7 Å². The van der Waals surface area contributed by atoms with Gasteiger partial charge < -0.3 is 15.4 Å². The van der Waals surface area contributed by atoms with Gasteiger partial charge >= 0.3 is 0 Å². The zero-order chi connectivity index (χ0) is 17.6. The van der Waals surface area contributed by atoms with Crippen molar-refractivity contribution >= 4 is 34.7 Å². The zero-order valence-corrected chi connectivity index (χ0v) is 14.1. The Morgan fingerprint density at radius 1 is 1.24 bits per heavy atom. The van der Waals surface area contributed by atoms with E-state index in [9.17, 15) is 4.79 Å². The number of ether oxygens (including phenoxy) is 1. The Labute approximate surface area is 148 Å². The molecule has 0 aliphatic rings. The van der Waals surface area contributed by atoms with E-state index in [4.69, 9.17) is 16.3 Å². The van der Waals surface area contributed by atoms with Crippen LogP contribution in [0.25, 0.3) is 0 Å². The number of carbonyl (C=O) groups is 1. The van der Waals surface area contributed by atoms with E-state index in [1.165, 1.54) is 17.2 Å². The molecule has 0 spiro atoms. The summed E-state index contributed by atoms with van der Waals surface area (Å²) in [7, 11) is 1.59. The SMILES string of the molecule is COc1ccc(NC(=O)Cn2cc(Nc3ncncc3Cl)cn2)cc1. The van der Waals surface area contributed by atoms with E-state index in [0.29, 0.717) is 22.2 Å². The fourth-order valence-corrected chi connectivity index (χ4v) is 2.23. The average molecular weight is 359 g/mol. The van der Waals surface area contributed by atoms with Crippen molar-refractivity contribution in [1.29, 1.82) is 0 Å². The van der Waals surface area contributed by atoms with E-state index < -0.39 is 0 Å². The van der Waals surface area contributed by atoms with Gasteiger partial charge in [-0.05, 0) is 24.3 Å². The van der Waals surface area contributed by atoms with Crippen molar-refractivity contribution in [2.45, 2.75) is 6.54 Å². The van der Waals surface area contributed by atoms with Crippen LogP contribution in [0.2, 0.25) is 5.02 Å². The molecule has 0 radical (unpaired) electrons. The lowest BCUT2D eigenvalue weighted by Crippen LogP contribution is -2.18. The lowest BCUT2D eigenvalue weighted by molar-refractivity contribution is -0.116. The number of hydrogen-bond acceptors (Lipinski definition) is 6. The second-order valence-corrected chi connectivity index (χ2v) is 5.45. The highest BCUT2D eigenvalue weighted by molar-refractivity contribution is 6.32. The smallest absolute Gasteiger partial charge is 0.246 e. The lowest BCUT2D eigenvalue weighted by Gasteiger charge is -2.06. The minimum Gasteiger partial charge on any atom is -0.497 e. The molecule has 1 aromatic carbocycles. The van der Waals surface area contributed by atoms with Gasteiger partial charge in [0.2, 0.25) is 5.91 Å². The Morgan fingerprint density at radius 2 is 2.04 bits per heavy atom. The third-order valence-corrected chi connectivity index (χ3v) is 3.52. The minimum atomic E-state index is -0.195. The van der Waals surface area contributed by atoms with E-state index >= 15 is 0 Å². The second kappa shape index (κ2) is 7.63. The van der Waals surface area contributed by atoms with Crippen LogP contribution in [0.3, 0.4) is 0 Å². The Balaban J connectivity index is 1.58. The maximum Gasteiger partial charge on any atom is 0.246 e. The molecule has 25 heavy (non-hydrogen) atoms. The second-order valence-electron chi connectivity index (χ2n) is 5.05. The standard InChI is InChI=1S/C16H15ClN6O2/c1-25-13-4-2-11(3-5-13)21-15(24)9-23-8-12(6-20-23)22-16-14(17)7-18-10-19-16/h2-8,10H,9H2,1H3,(H,21,24)(H,18,19,22). The van der Waals surface area contributed by atoms with Gasteiger partial charge in [-0.15, -0.1) is 0 Å². The molecule has 3 rings (SSSR count). The van der Waals surface area contributed by atoms with Crippen molar-refractivity contribution in [3.05, 3.63) is 54.2 Å². The molecule has 0 bridgehead atoms. The molecule has 2 heterocycles. The van der Waals surface area contributed by atoms with Gasteiger partial charge in [-0.1, -0.05) is 11.6 Å². The highest BCUT2D eigenvalue weighted by Crippen LogP contribution is 2.21. The number of nitrogens with zero attached hydrogens (tertiary/aromatic N) is 4. The van der Waals surface area contributed by atoms with Gasteiger partial charge in [-0.3, -0.25) is 9.48 Å². The van der Waals surface area contributed by atoms with Gasteiger partial charge in [0, 0.05) is 11.9 Å². The van der Waals surface area contributed by atoms with Crippen LogP contribution in [-0.2, 0) is 11.3 Å². The molecular weight excluding hydrogens is 344 g/mol. The van der Waals surface area contributed by atoms with Crippen molar-refractivity contribution in [2.24, 2.45) is 0 Å². The first-order valence-electron chi connectivity index (χ1n) is 7.33. The molecule has 128 valence electrons. The van der Waals surface area contributed by atoms with Crippen molar-refractivity contribution in [3.63, 3.8) is 0 Å². The summed E-state index contributed by atoms with van der Waals surface area (Å²) in [6, 6.07) is 7.09. The molecule has 0 saturated carbocycles. The predicted molar refractivity (Wildman–Crippen MR) is 94.2 cm³/mol. The molecule has 0 atom stereocenters. The van der Waals surface area contributed by atoms with Crippen molar-refractivity contribution in [2.75, 3.05) is 17.7 Å². The maximum atomic E-state index is 12.1. The summed E-state index contributed by atoms with van der Waals surface area (Å²) >= 11 is 5.99. The largest absolute Gasteiger partial charge is 0.497 e. The average Bonchev–Trinajstić information content (AvgIpc) is 3.04. The summed E-state index contributed by atoms with van der Waals surface area (Å²) in [5.74, 6) is 1.00. The van der Waals surface area contributed by atoms with Gasteiger partial charge in [-0.2, -0.15) is 5.10 Å². The monoisotopic (exact) mass is 358 g/mol. The summed E-state index contributed by atoms with van der Waals surface area (Å²) in [6.07, 6.45) is 6.15. The first-order valence-corrected chi connectivity index (χ1v) is 7.71. The molecule has 0 aliphatic carbocycles. The molecule has 2 aromatic heterocycles. The Morgan fingerprint density at radius 3 is 2.76 bits per heavy atom. The van der Waals surface area contributed by atoms with Gasteiger partial charge in [0.25, 0.3) is 0 Å². The van der Waals surface area contributed by atoms with Crippen LogP contribution in [0.5, 0.6) is 5.75 Å². The van der Waals surface area contributed by atoms with Gasteiger partial charge in [0.15, 0.2) is 5.82 Å². The van der Waals surface area contributed by atoms with Crippen LogP contribution in [0, 0.1) is 0 Å². The first kappa shape index (κ1) is 16.7. The van der Waals surface area contributed by atoms with Gasteiger partial charge in [0.1, 0.15) is 23.6 Å².